The zero-order valence-corrected chi connectivity index (χ0v) is 38.6. The first-order valence-corrected chi connectivity index (χ1v) is 26.0. The molecule has 8 nitrogen and oxygen atoms in total. The van der Waals surface area contributed by atoms with E-state index in [2.05, 4.69) is 37.5 Å². The van der Waals surface area contributed by atoms with E-state index < -0.39 is 10.1 Å². The van der Waals surface area contributed by atoms with Crippen LogP contribution in [-0.2, 0) is 23.2 Å². The molecule has 1 aromatic heterocycles. The van der Waals surface area contributed by atoms with Gasteiger partial charge in [-0.1, -0.05) is 194 Å². The van der Waals surface area contributed by atoms with Gasteiger partial charge in [0.15, 0.2) is 11.5 Å². The molecule has 0 unspecified atom stereocenters. The van der Waals surface area contributed by atoms with Gasteiger partial charge < -0.3 is 18.8 Å². The van der Waals surface area contributed by atoms with E-state index in [1.165, 1.54) is 173 Å². The second kappa shape index (κ2) is 35.5. The Balaban J connectivity index is 2.08. The van der Waals surface area contributed by atoms with Gasteiger partial charge in [0, 0.05) is 11.3 Å². The molecule has 0 aliphatic carbocycles. The van der Waals surface area contributed by atoms with E-state index >= 15 is 0 Å². The lowest BCUT2D eigenvalue weighted by molar-refractivity contribution is -0.687. The highest BCUT2D eigenvalue weighted by atomic mass is 32.2. The van der Waals surface area contributed by atoms with Crippen LogP contribution < -0.4 is 18.8 Å². The van der Waals surface area contributed by atoms with Gasteiger partial charge in [-0.25, -0.2) is 17.6 Å². The lowest BCUT2D eigenvalue weighted by Crippen LogP contribution is -2.31. The van der Waals surface area contributed by atoms with Crippen molar-refractivity contribution in [2.24, 2.45) is 0 Å². The molecule has 0 aliphatic heterocycles. The third kappa shape index (κ3) is 28.3. The SMILES string of the molecule is CCCCCCCCCCCCOc1cc(C[n+]2ccn(CCCS(=O)(=O)[O-])c2)cc(OCCCCCCCCCCCC)c1OCCCCCCCCCCCC. The van der Waals surface area contributed by atoms with Gasteiger partial charge in [0.1, 0.15) is 18.9 Å². The number of nitrogens with zero attached hydrogens (tertiary/aromatic N) is 2. The van der Waals surface area contributed by atoms with E-state index in [4.69, 9.17) is 14.2 Å². The van der Waals surface area contributed by atoms with E-state index in [0.29, 0.717) is 39.3 Å². The minimum atomic E-state index is -4.22. The van der Waals surface area contributed by atoms with E-state index in [1.807, 2.05) is 23.3 Å². The fourth-order valence-corrected chi connectivity index (χ4v) is 8.17. The Bertz CT molecular complexity index is 1300. The maximum atomic E-state index is 11.1. The summed E-state index contributed by atoms with van der Waals surface area (Å²) in [6, 6.07) is 4.23. The standard InChI is InChI=1S/C49H88N2O6S/c1-4-7-10-13-16-19-22-25-28-31-38-55-47-42-46(44-51-37-36-50(45-51)35-34-41-58(52,53)54)43-48(56-39-32-29-26-23-20-17-14-11-8-5-2)49(47)57-40-33-30-27-24-21-18-15-12-9-6-3/h36-37,42-43,45H,4-35,38-41,44H2,1-3H3. The van der Waals surface area contributed by atoms with Crippen LogP contribution in [0.4, 0.5) is 0 Å². The van der Waals surface area contributed by atoms with Gasteiger partial charge in [-0.15, -0.1) is 0 Å². The van der Waals surface area contributed by atoms with Crippen LogP contribution in [0.1, 0.15) is 225 Å². The molecule has 336 valence electrons. The Morgan fingerprint density at radius 3 is 1.26 bits per heavy atom. The van der Waals surface area contributed by atoms with E-state index in [0.717, 1.165) is 42.1 Å². The molecule has 0 bridgehead atoms. The third-order valence-corrected chi connectivity index (χ3v) is 12.0. The fraction of sp³-hybridized carbons (Fsp3) is 0.816. The molecule has 0 aliphatic rings. The van der Waals surface area contributed by atoms with Crippen molar-refractivity contribution in [3.63, 3.8) is 0 Å². The molecular weight excluding hydrogens is 745 g/mol. The number of hydrogen-bond donors (Lipinski definition) is 0. The Hall–Kier alpha value is -2.26. The number of aryl methyl sites for hydroxylation is 1. The van der Waals surface area contributed by atoms with Crippen molar-refractivity contribution in [1.82, 2.24) is 4.57 Å². The van der Waals surface area contributed by atoms with Crippen LogP contribution in [0.25, 0.3) is 0 Å². The smallest absolute Gasteiger partial charge is 0.244 e. The highest BCUT2D eigenvalue weighted by Crippen LogP contribution is 2.40. The molecule has 0 amide bonds. The zero-order valence-electron chi connectivity index (χ0n) is 37.8. The summed E-state index contributed by atoms with van der Waals surface area (Å²) in [5.41, 5.74) is 1.06. The van der Waals surface area contributed by atoms with Crippen LogP contribution in [0.3, 0.4) is 0 Å². The van der Waals surface area contributed by atoms with Crippen LogP contribution in [-0.4, -0.2) is 43.1 Å². The number of rotatable bonds is 42. The molecule has 0 saturated heterocycles. The van der Waals surface area contributed by atoms with Gasteiger partial charge in [0.25, 0.3) is 0 Å². The molecule has 1 aromatic carbocycles. The highest BCUT2D eigenvalue weighted by Gasteiger charge is 2.18. The summed E-state index contributed by atoms with van der Waals surface area (Å²) in [5.74, 6) is 1.91. The minimum absolute atomic E-state index is 0.291. The van der Waals surface area contributed by atoms with Gasteiger partial charge >= 0.3 is 0 Å². The first kappa shape index (κ1) is 51.9. The summed E-state index contributed by atoms with van der Waals surface area (Å²) in [6.45, 7) is 9.85. The summed E-state index contributed by atoms with van der Waals surface area (Å²) in [4.78, 5) is 0. The number of unbranched alkanes of at least 4 members (excludes halogenated alkanes) is 27. The molecule has 2 rings (SSSR count). The molecule has 0 atom stereocenters. The second-order valence-corrected chi connectivity index (χ2v) is 18.5. The molecule has 2 aromatic rings. The molecule has 58 heavy (non-hydrogen) atoms. The van der Waals surface area contributed by atoms with Crippen molar-refractivity contribution in [1.29, 1.82) is 0 Å². The summed E-state index contributed by atoms with van der Waals surface area (Å²) in [6.07, 6.45) is 44.7. The number of benzene rings is 1. The van der Waals surface area contributed by atoms with Crippen molar-refractivity contribution >= 4 is 10.1 Å². The van der Waals surface area contributed by atoms with Gasteiger partial charge in [-0.2, -0.15) is 0 Å². The Kier molecular flexibility index (Phi) is 31.7. The Labute approximate surface area is 357 Å². The van der Waals surface area contributed by atoms with Gasteiger partial charge in [-0.05, 0) is 37.8 Å². The van der Waals surface area contributed by atoms with Crippen molar-refractivity contribution in [2.45, 2.75) is 233 Å². The number of imidazole rings is 1. The fourth-order valence-electron chi connectivity index (χ4n) is 7.69. The molecular formula is C49H88N2O6S. The molecule has 9 heteroatoms. The summed E-state index contributed by atoms with van der Waals surface area (Å²) in [5, 5.41) is 0. The molecule has 1 heterocycles. The maximum Gasteiger partial charge on any atom is 0.244 e. The van der Waals surface area contributed by atoms with E-state index in [-0.39, 0.29) is 5.75 Å². The number of ether oxygens (including phenoxy) is 3. The monoisotopic (exact) mass is 833 g/mol. The van der Waals surface area contributed by atoms with E-state index in [1.54, 1.807) is 0 Å². The number of hydrogen-bond acceptors (Lipinski definition) is 6. The van der Waals surface area contributed by atoms with Crippen molar-refractivity contribution in [3.05, 3.63) is 36.4 Å². The molecule has 0 radical (unpaired) electrons. The average Bonchev–Trinajstić information content (AvgIpc) is 3.64. The van der Waals surface area contributed by atoms with Gasteiger partial charge in [0.05, 0.1) is 36.5 Å². The van der Waals surface area contributed by atoms with Crippen molar-refractivity contribution in [3.8, 4) is 17.2 Å². The predicted octanol–water partition coefficient (Wildman–Crippen LogP) is 13.7. The highest BCUT2D eigenvalue weighted by molar-refractivity contribution is 7.85. The quantitative estimate of drug-likeness (QED) is 0.0376. The molecule has 0 fully saturated rings. The Morgan fingerprint density at radius 1 is 0.517 bits per heavy atom. The summed E-state index contributed by atoms with van der Waals surface area (Å²) >= 11 is 0. The largest absolute Gasteiger partial charge is 0.748 e. The van der Waals surface area contributed by atoms with Crippen molar-refractivity contribution < 1.29 is 31.7 Å². The number of aromatic nitrogens is 2. The maximum absolute atomic E-state index is 11.1. The zero-order chi connectivity index (χ0) is 41.8. The van der Waals surface area contributed by atoms with E-state index in [9.17, 15) is 13.0 Å². The van der Waals surface area contributed by atoms with Crippen LogP contribution in [0.2, 0.25) is 0 Å². The molecule has 0 saturated carbocycles. The topological polar surface area (TPSA) is 93.7 Å². The minimum Gasteiger partial charge on any atom is -0.748 e. The Morgan fingerprint density at radius 2 is 0.879 bits per heavy atom. The molecule has 0 spiro atoms. The first-order valence-electron chi connectivity index (χ1n) is 24.4. The normalized spacial score (nSPS) is 11.7. The van der Waals surface area contributed by atoms with Crippen LogP contribution in [0.15, 0.2) is 30.9 Å². The van der Waals surface area contributed by atoms with Crippen LogP contribution in [0.5, 0.6) is 17.2 Å². The van der Waals surface area contributed by atoms with Crippen LogP contribution >= 0.6 is 0 Å². The van der Waals surface area contributed by atoms with Gasteiger partial charge in [-0.3, -0.25) is 0 Å². The first-order chi connectivity index (χ1) is 28.4. The average molecular weight is 833 g/mol. The third-order valence-electron chi connectivity index (χ3n) is 11.3. The molecule has 0 N–H and O–H groups in total. The van der Waals surface area contributed by atoms with Crippen LogP contribution in [0, 0.1) is 0 Å². The predicted molar refractivity (Wildman–Crippen MR) is 241 cm³/mol. The lowest BCUT2D eigenvalue weighted by atomic mass is 10.1. The van der Waals surface area contributed by atoms with Gasteiger partial charge in [0.2, 0.25) is 12.1 Å². The second-order valence-electron chi connectivity index (χ2n) is 17.0. The summed E-state index contributed by atoms with van der Waals surface area (Å²) < 4.78 is 57.1. The summed E-state index contributed by atoms with van der Waals surface area (Å²) in [7, 11) is -4.22. The van der Waals surface area contributed by atoms with Crippen molar-refractivity contribution in [2.75, 3.05) is 25.6 Å². The lowest BCUT2D eigenvalue weighted by Gasteiger charge is -2.19.